The summed E-state index contributed by atoms with van der Waals surface area (Å²) in [6.45, 7) is 6.87. The van der Waals surface area contributed by atoms with Gasteiger partial charge in [-0.15, -0.1) is 0 Å². The van der Waals surface area contributed by atoms with Gasteiger partial charge < -0.3 is 20.1 Å². The third kappa shape index (κ3) is 5.48. The lowest BCUT2D eigenvalue weighted by molar-refractivity contribution is -0.123. The maximum absolute atomic E-state index is 11.8. The first kappa shape index (κ1) is 14.4. The number of amides is 1. The highest BCUT2D eigenvalue weighted by Crippen LogP contribution is 2.04. The van der Waals surface area contributed by atoms with Crippen LogP contribution in [0.15, 0.2) is 0 Å². The van der Waals surface area contributed by atoms with E-state index in [-0.39, 0.29) is 18.0 Å². The van der Waals surface area contributed by atoms with E-state index in [1.165, 1.54) is 0 Å². The zero-order valence-corrected chi connectivity index (χ0v) is 11.0. The van der Waals surface area contributed by atoms with Gasteiger partial charge in [0, 0.05) is 26.1 Å². The van der Waals surface area contributed by atoms with E-state index in [1.54, 1.807) is 7.11 Å². The third-order valence-corrected chi connectivity index (χ3v) is 2.93. The van der Waals surface area contributed by atoms with Crippen molar-refractivity contribution in [1.82, 2.24) is 10.6 Å². The van der Waals surface area contributed by atoms with Gasteiger partial charge in [-0.1, -0.05) is 13.8 Å². The lowest BCUT2D eigenvalue weighted by Crippen LogP contribution is -2.47. The zero-order chi connectivity index (χ0) is 12.7. The monoisotopic (exact) mass is 244 g/mol. The first-order chi connectivity index (χ1) is 8.13. The molecular formula is C12H24N2O3. The predicted molar refractivity (Wildman–Crippen MR) is 65.9 cm³/mol. The minimum atomic E-state index is 0.0590. The average Bonchev–Trinajstić information content (AvgIpc) is 2.29. The summed E-state index contributed by atoms with van der Waals surface area (Å²) in [5.74, 6) is 0.429. The van der Waals surface area contributed by atoms with Crippen LogP contribution in [0.4, 0.5) is 0 Å². The lowest BCUT2D eigenvalue weighted by atomic mass is 10.0. The standard InChI is InChI=1S/C12H24N2O3/c1-9(2)11(8-16-3)14-12(15)6-10-7-17-5-4-13-10/h9-11,13H,4-8H2,1-3H3,(H,14,15). The number of hydrogen-bond acceptors (Lipinski definition) is 4. The topological polar surface area (TPSA) is 59.6 Å². The highest BCUT2D eigenvalue weighted by Gasteiger charge is 2.20. The van der Waals surface area contributed by atoms with Gasteiger partial charge in [0.15, 0.2) is 0 Å². The average molecular weight is 244 g/mol. The zero-order valence-electron chi connectivity index (χ0n) is 11.0. The number of nitrogens with one attached hydrogen (secondary N) is 2. The Morgan fingerprint density at radius 1 is 1.59 bits per heavy atom. The van der Waals surface area contributed by atoms with Crippen LogP contribution >= 0.6 is 0 Å². The molecule has 0 aromatic carbocycles. The van der Waals surface area contributed by atoms with Crippen LogP contribution in [0.1, 0.15) is 20.3 Å². The van der Waals surface area contributed by atoms with Crippen LogP contribution in [0.2, 0.25) is 0 Å². The maximum Gasteiger partial charge on any atom is 0.221 e. The molecule has 0 radical (unpaired) electrons. The Morgan fingerprint density at radius 3 is 2.88 bits per heavy atom. The van der Waals surface area contributed by atoms with Crippen molar-refractivity contribution < 1.29 is 14.3 Å². The van der Waals surface area contributed by atoms with Gasteiger partial charge in [0.25, 0.3) is 0 Å². The van der Waals surface area contributed by atoms with Crippen LogP contribution in [0.3, 0.4) is 0 Å². The molecule has 0 aromatic heterocycles. The summed E-state index contributed by atoms with van der Waals surface area (Å²) < 4.78 is 10.4. The molecule has 5 nitrogen and oxygen atoms in total. The summed E-state index contributed by atoms with van der Waals surface area (Å²) >= 11 is 0. The lowest BCUT2D eigenvalue weighted by Gasteiger charge is -2.26. The number of methoxy groups -OCH3 is 1. The van der Waals surface area contributed by atoms with Gasteiger partial charge in [0.1, 0.15) is 0 Å². The number of hydrogen-bond donors (Lipinski definition) is 2. The fraction of sp³-hybridized carbons (Fsp3) is 0.917. The molecule has 2 N–H and O–H groups in total. The Balaban J connectivity index is 2.30. The van der Waals surface area contributed by atoms with Crippen molar-refractivity contribution in [3.63, 3.8) is 0 Å². The Labute approximate surface area is 103 Å². The van der Waals surface area contributed by atoms with Crippen molar-refractivity contribution >= 4 is 5.91 Å². The second-order valence-electron chi connectivity index (χ2n) is 4.80. The highest BCUT2D eigenvalue weighted by atomic mass is 16.5. The SMILES string of the molecule is COCC(NC(=O)CC1COCCN1)C(C)C. The molecule has 100 valence electrons. The summed E-state index contributed by atoms with van der Waals surface area (Å²) in [7, 11) is 1.65. The molecule has 0 aromatic rings. The molecule has 0 saturated carbocycles. The second kappa shape index (κ2) is 7.63. The Hall–Kier alpha value is -0.650. The van der Waals surface area contributed by atoms with E-state index in [9.17, 15) is 4.79 Å². The van der Waals surface area contributed by atoms with E-state index in [2.05, 4.69) is 24.5 Å². The summed E-state index contributed by atoms with van der Waals surface area (Å²) in [6, 6.07) is 0.219. The molecule has 2 unspecified atom stereocenters. The molecule has 1 saturated heterocycles. The molecule has 2 atom stereocenters. The summed E-state index contributed by atoms with van der Waals surface area (Å²) in [6.07, 6.45) is 0.465. The van der Waals surface area contributed by atoms with Crippen molar-refractivity contribution in [2.45, 2.75) is 32.4 Å². The molecule has 1 heterocycles. The largest absolute Gasteiger partial charge is 0.383 e. The third-order valence-electron chi connectivity index (χ3n) is 2.93. The van der Waals surface area contributed by atoms with Gasteiger partial charge in [-0.25, -0.2) is 0 Å². The number of rotatable bonds is 6. The van der Waals surface area contributed by atoms with Gasteiger partial charge >= 0.3 is 0 Å². The van der Waals surface area contributed by atoms with E-state index in [1.807, 2.05) is 0 Å². The van der Waals surface area contributed by atoms with Gasteiger partial charge in [0.2, 0.25) is 5.91 Å². The fourth-order valence-electron chi connectivity index (χ4n) is 1.82. The maximum atomic E-state index is 11.8. The molecule has 1 aliphatic heterocycles. The van der Waals surface area contributed by atoms with E-state index in [4.69, 9.17) is 9.47 Å². The molecule has 0 bridgehead atoms. The molecule has 0 spiro atoms. The van der Waals surface area contributed by atoms with Gasteiger partial charge in [-0.05, 0) is 5.92 Å². The molecule has 17 heavy (non-hydrogen) atoms. The number of carbonyl (C=O) groups excluding carboxylic acids is 1. The number of morpholine rings is 1. The van der Waals surface area contributed by atoms with E-state index < -0.39 is 0 Å². The summed E-state index contributed by atoms with van der Waals surface area (Å²) in [5.41, 5.74) is 0. The molecule has 1 amide bonds. The Bertz CT molecular complexity index is 228. The van der Waals surface area contributed by atoms with Crippen LogP contribution in [0.25, 0.3) is 0 Å². The smallest absolute Gasteiger partial charge is 0.221 e. The van der Waals surface area contributed by atoms with Crippen molar-refractivity contribution in [2.75, 3.05) is 33.5 Å². The van der Waals surface area contributed by atoms with Crippen molar-refractivity contribution in [2.24, 2.45) is 5.92 Å². The van der Waals surface area contributed by atoms with Gasteiger partial charge in [-0.3, -0.25) is 4.79 Å². The van der Waals surface area contributed by atoms with Crippen molar-refractivity contribution in [1.29, 1.82) is 0 Å². The highest BCUT2D eigenvalue weighted by molar-refractivity contribution is 5.77. The fourth-order valence-corrected chi connectivity index (χ4v) is 1.82. The number of carbonyl (C=O) groups is 1. The minimum Gasteiger partial charge on any atom is -0.383 e. The van der Waals surface area contributed by atoms with E-state index in [0.29, 0.717) is 25.6 Å². The van der Waals surface area contributed by atoms with Crippen LogP contribution < -0.4 is 10.6 Å². The molecule has 0 aliphatic carbocycles. The van der Waals surface area contributed by atoms with Gasteiger partial charge in [0.05, 0.1) is 25.9 Å². The van der Waals surface area contributed by atoms with E-state index in [0.717, 1.165) is 13.2 Å². The van der Waals surface area contributed by atoms with E-state index >= 15 is 0 Å². The van der Waals surface area contributed by atoms with Crippen LogP contribution in [-0.4, -0.2) is 51.5 Å². The minimum absolute atomic E-state index is 0.0590. The number of ether oxygens (including phenoxy) is 2. The Kier molecular flexibility index (Phi) is 6.47. The van der Waals surface area contributed by atoms with Crippen LogP contribution in [0, 0.1) is 5.92 Å². The summed E-state index contributed by atoms with van der Waals surface area (Å²) in [5, 5.41) is 6.27. The quantitative estimate of drug-likeness (QED) is 0.698. The second-order valence-corrected chi connectivity index (χ2v) is 4.80. The molecule has 1 aliphatic rings. The van der Waals surface area contributed by atoms with Crippen molar-refractivity contribution in [3.8, 4) is 0 Å². The van der Waals surface area contributed by atoms with Crippen molar-refractivity contribution in [3.05, 3.63) is 0 Å². The molecule has 1 rings (SSSR count). The summed E-state index contributed by atoms with van der Waals surface area (Å²) in [4.78, 5) is 11.8. The molecule has 1 fully saturated rings. The van der Waals surface area contributed by atoms with Crippen LogP contribution in [-0.2, 0) is 14.3 Å². The first-order valence-corrected chi connectivity index (χ1v) is 6.23. The van der Waals surface area contributed by atoms with Crippen LogP contribution in [0.5, 0.6) is 0 Å². The van der Waals surface area contributed by atoms with Gasteiger partial charge in [-0.2, -0.15) is 0 Å². The Morgan fingerprint density at radius 2 is 2.35 bits per heavy atom. The molecular weight excluding hydrogens is 220 g/mol. The normalized spacial score (nSPS) is 22.5. The predicted octanol–water partition coefficient (Wildman–Crippen LogP) is 0.152. The molecule has 5 heteroatoms. The first-order valence-electron chi connectivity index (χ1n) is 6.23.